The fourth-order valence-corrected chi connectivity index (χ4v) is 3.41. The van der Waals surface area contributed by atoms with E-state index in [0.717, 1.165) is 16.8 Å². The van der Waals surface area contributed by atoms with E-state index >= 15 is 0 Å². The Morgan fingerprint density at radius 1 is 0.893 bits per heavy atom. The molecule has 3 aromatic rings. The average Bonchev–Trinajstić information content (AvgIpc) is 3.12. The minimum absolute atomic E-state index is 0.0938. The summed E-state index contributed by atoms with van der Waals surface area (Å²) >= 11 is 5.90. The first-order valence-electron chi connectivity index (χ1n) is 9.03. The third-order valence-electron chi connectivity index (χ3n) is 4.78. The molecular weight excluding hydrogens is 374 g/mol. The van der Waals surface area contributed by atoms with Crippen molar-refractivity contribution in [1.29, 1.82) is 0 Å². The van der Waals surface area contributed by atoms with Crippen LogP contribution >= 0.6 is 11.6 Å². The van der Waals surface area contributed by atoms with Crippen LogP contribution in [0.15, 0.2) is 78.9 Å². The maximum atomic E-state index is 12.5. The molecule has 0 aliphatic carbocycles. The van der Waals surface area contributed by atoms with Gasteiger partial charge in [0.25, 0.3) is 0 Å². The van der Waals surface area contributed by atoms with Crippen LogP contribution in [-0.2, 0) is 9.59 Å². The van der Waals surface area contributed by atoms with E-state index in [-0.39, 0.29) is 12.3 Å². The smallest absolute Gasteiger partial charge is 0.316 e. The lowest BCUT2D eigenvalue weighted by molar-refractivity contribution is -0.139. The molecule has 1 saturated heterocycles. The van der Waals surface area contributed by atoms with Gasteiger partial charge in [-0.3, -0.25) is 9.59 Å². The maximum Gasteiger partial charge on any atom is 0.316 e. The average molecular weight is 392 g/mol. The van der Waals surface area contributed by atoms with Gasteiger partial charge in [0, 0.05) is 23.7 Å². The van der Waals surface area contributed by atoms with Crippen LogP contribution in [-0.4, -0.2) is 18.4 Å². The van der Waals surface area contributed by atoms with Gasteiger partial charge in [-0.25, -0.2) is 0 Å². The minimum atomic E-state index is -0.489. The van der Waals surface area contributed by atoms with Crippen molar-refractivity contribution >= 4 is 29.2 Å². The number of esters is 1. The molecule has 5 heteroatoms. The highest BCUT2D eigenvalue weighted by Crippen LogP contribution is 2.28. The van der Waals surface area contributed by atoms with E-state index in [0.29, 0.717) is 17.3 Å². The predicted molar refractivity (Wildman–Crippen MR) is 109 cm³/mol. The van der Waals surface area contributed by atoms with Gasteiger partial charge in [-0.05, 0) is 47.5 Å². The van der Waals surface area contributed by atoms with Crippen LogP contribution in [0.4, 0.5) is 5.69 Å². The first-order chi connectivity index (χ1) is 13.6. The monoisotopic (exact) mass is 391 g/mol. The van der Waals surface area contributed by atoms with Gasteiger partial charge in [0.2, 0.25) is 5.91 Å². The molecule has 140 valence electrons. The molecule has 0 unspecified atom stereocenters. The van der Waals surface area contributed by atoms with Crippen LogP contribution in [0.2, 0.25) is 5.02 Å². The number of rotatable bonds is 4. The van der Waals surface area contributed by atoms with E-state index in [1.54, 1.807) is 41.3 Å². The Balaban J connectivity index is 1.41. The molecule has 1 aliphatic rings. The molecule has 1 amide bonds. The number of carbonyl (C=O) groups is 2. The lowest BCUT2D eigenvalue weighted by atomic mass is 10.1. The summed E-state index contributed by atoms with van der Waals surface area (Å²) in [6, 6.07) is 24.3. The number of anilines is 1. The molecule has 0 radical (unpaired) electrons. The third kappa shape index (κ3) is 3.92. The van der Waals surface area contributed by atoms with Crippen molar-refractivity contribution in [3.63, 3.8) is 0 Å². The van der Waals surface area contributed by atoms with Gasteiger partial charge < -0.3 is 9.64 Å². The maximum absolute atomic E-state index is 12.5. The first kappa shape index (κ1) is 18.3. The van der Waals surface area contributed by atoms with Crippen molar-refractivity contribution in [2.24, 2.45) is 5.92 Å². The van der Waals surface area contributed by atoms with Crippen LogP contribution in [0.25, 0.3) is 11.1 Å². The van der Waals surface area contributed by atoms with Crippen LogP contribution in [0, 0.1) is 5.92 Å². The molecular formula is C23H18ClNO3. The summed E-state index contributed by atoms with van der Waals surface area (Å²) in [6.45, 7) is 0.307. The van der Waals surface area contributed by atoms with E-state index in [9.17, 15) is 9.59 Å². The summed E-state index contributed by atoms with van der Waals surface area (Å²) in [5.41, 5.74) is 2.88. The number of carbonyl (C=O) groups excluding carboxylic acids is 2. The van der Waals surface area contributed by atoms with Gasteiger partial charge in [-0.1, -0.05) is 54.1 Å². The Hall–Kier alpha value is -3.11. The molecule has 28 heavy (non-hydrogen) atoms. The van der Waals surface area contributed by atoms with Crippen molar-refractivity contribution in [3.05, 3.63) is 83.9 Å². The summed E-state index contributed by atoms with van der Waals surface area (Å²) in [5, 5.41) is 0.602. The molecule has 1 heterocycles. The Bertz CT molecular complexity index is 985. The fourth-order valence-electron chi connectivity index (χ4n) is 3.28. The highest BCUT2D eigenvalue weighted by Gasteiger charge is 2.36. The van der Waals surface area contributed by atoms with Crippen LogP contribution in [0.3, 0.4) is 0 Å². The molecule has 1 atom stereocenters. The highest BCUT2D eigenvalue weighted by atomic mass is 35.5. The van der Waals surface area contributed by atoms with Gasteiger partial charge in [0.15, 0.2) is 0 Å². The molecule has 4 rings (SSSR count). The Kier molecular flexibility index (Phi) is 5.13. The number of amides is 1. The summed E-state index contributed by atoms with van der Waals surface area (Å²) < 4.78 is 5.50. The molecule has 4 nitrogen and oxygen atoms in total. The zero-order valence-electron chi connectivity index (χ0n) is 15.0. The van der Waals surface area contributed by atoms with Crippen molar-refractivity contribution in [3.8, 4) is 16.9 Å². The quantitative estimate of drug-likeness (QED) is 0.466. The molecule has 1 fully saturated rings. The van der Waals surface area contributed by atoms with Gasteiger partial charge in [0.1, 0.15) is 5.75 Å². The van der Waals surface area contributed by atoms with Gasteiger partial charge in [-0.15, -0.1) is 0 Å². The number of nitrogens with zero attached hydrogens (tertiary/aromatic N) is 1. The second-order valence-corrected chi connectivity index (χ2v) is 7.13. The second kappa shape index (κ2) is 7.87. The summed E-state index contributed by atoms with van der Waals surface area (Å²) in [4.78, 5) is 26.4. The Morgan fingerprint density at radius 3 is 2.21 bits per heavy atom. The standard InChI is InChI=1S/C23H18ClNO3/c24-19-8-10-20(11-9-19)25-15-18(14-22(25)26)23(27)28-21-12-6-17(7-13-21)16-4-2-1-3-5-16/h1-13,18H,14-15H2/t18-/m1/s1. The van der Waals surface area contributed by atoms with Crippen molar-refractivity contribution < 1.29 is 14.3 Å². The van der Waals surface area contributed by atoms with E-state index in [1.165, 1.54) is 0 Å². The first-order valence-corrected chi connectivity index (χ1v) is 9.41. The normalized spacial score (nSPS) is 16.2. The second-order valence-electron chi connectivity index (χ2n) is 6.69. The molecule has 0 bridgehead atoms. The molecule has 0 spiro atoms. The van der Waals surface area contributed by atoms with Crippen LogP contribution < -0.4 is 9.64 Å². The molecule has 0 aromatic heterocycles. The van der Waals surface area contributed by atoms with E-state index in [1.807, 2.05) is 42.5 Å². The van der Waals surface area contributed by atoms with Crippen molar-refractivity contribution in [2.45, 2.75) is 6.42 Å². The zero-order chi connectivity index (χ0) is 19.5. The van der Waals surface area contributed by atoms with Gasteiger partial charge >= 0.3 is 5.97 Å². The highest BCUT2D eigenvalue weighted by molar-refractivity contribution is 6.30. The lowest BCUT2D eigenvalue weighted by Gasteiger charge is -2.16. The molecule has 3 aromatic carbocycles. The third-order valence-corrected chi connectivity index (χ3v) is 5.03. The number of ether oxygens (including phenoxy) is 1. The number of hydrogen-bond donors (Lipinski definition) is 0. The van der Waals surface area contributed by atoms with E-state index in [4.69, 9.17) is 16.3 Å². The summed E-state index contributed by atoms with van der Waals surface area (Å²) in [7, 11) is 0. The topological polar surface area (TPSA) is 46.6 Å². The number of halogens is 1. The Morgan fingerprint density at radius 2 is 1.54 bits per heavy atom. The largest absolute Gasteiger partial charge is 0.426 e. The van der Waals surface area contributed by atoms with E-state index < -0.39 is 11.9 Å². The van der Waals surface area contributed by atoms with Crippen molar-refractivity contribution in [2.75, 3.05) is 11.4 Å². The molecule has 1 aliphatic heterocycles. The van der Waals surface area contributed by atoms with Gasteiger partial charge in [0.05, 0.1) is 5.92 Å². The SMILES string of the molecule is O=C(Oc1ccc(-c2ccccc2)cc1)[C@@H]1CC(=O)N(c2ccc(Cl)cc2)C1. The fraction of sp³-hybridized carbons (Fsp3) is 0.130. The van der Waals surface area contributed by atoms with Gasteiger partial charge in [-0.2, -0.15) is 0 Å². The summed E-state index contributed by atoms with van der Waals surface area (Å²) in [5.74, 6) is -0.500. The number of benzene rings is 3. The van der Waals surface area contributed by atoms with Crippen LogP contribution in [0.5, 0.6) is 5.75 Å². The molecule has 0 N–H and O–H groups in total. The van der Waals surface area contributed by atoms with Crippen molar-refractivity contribution in [1.82, 2.24) is 0 Å². The predicted octanol–water partition coefficient (Wildman–Crippen LogP) is 4.97. The zero-order valence-corrected chi connectivity index (χ0v) is 15.8. The summed E-state index contributed by atoms with van der Waals surface area (Å²) in [6.07, 6.45) is 0.142. The minimum Gasteiger partial charge on any atom is -0.426 e. The molecule has 0 saturated carbocycles. The Labute approximate surface area is 168 Å². The lowest BCUT2D eigenvalue weighted by Crippen LogP contribution is -2.27. The van der Waals surface area contributed by atoms with E-state index in [2.05, 4.69) is 0 Å². The van der Waals surface area contributed by atoms with Crippen LogP contribution in [0.1, 0.15) is 6.42 Å². The number of hydrogen-bond acceptors (Lipinski definition) is 3.